The Hall–Kier alpha value is -3.50. The number of hydrogen-bond acceptors (Lipinski definition) is 4. The van der Waals surface area contributed by atoms with Crippen molar-refractivity contribution in [2.24, 2.45) is 0 Å². The van der Waals surface area contributed by atoms with E-state index in [0.717, 1.165) is 38.7 Å². The fourth-order valence-corrected chi connectivity index (χ4v) is 4.57. The van der Waals surface area contributed by atoms with Crippen LogP contribution in [0.4, 0.5) is 0 Å². The predicted octanol–water partition coefficient (Wildman–Crippen LogP) is 9.19. The molecular formula is C36H48O4. The van der Waals surface area contributed by atoms with Gasteiger partial charge in [0.1, 0.15) is 6.79 Å². The fourth-order valence-electron chi connectivity index (χ4n) is 4.57. The molecule has 0 aliphatic heterocycles. The molecule has 0 heterocycles. The number of carbonyl (C=O) groups excluding carboxylic acids is 2. The fraction of sp³-hybridized carbons (Fsp3) is 0.389. The van der Waals surface area contributed by atoms with Crippen molar-refractivity contribution in [3.63, 3.8) is 0 Å². The SMILES string of the molecule is C/C=C1/C=C(c2ccccc2)CCC1.C=C1C=C(c2ccccc2)CCC1.C=O.COCCCCCCOC=O. The van der Waals surface area contributed by atoms with Crippen LogP contribution in [-0.2, 0) is 19.1 Å². The first kappa shape index (κ1) is 34.5. The third-order valence-electron chi connectivity index (χ3n) is 6.68. The molecule has 0 saturated carbocycles. The maximum absolute atomic E-state index is 9.70. The van der Waals surface area contributed by atoms with Crippen LogP contribution in [0, 0.1) is 0 Å². The molecule has 2 aliphatic carbocycles. The summed E-state index contributed by atoms with van der Waals surface area (Å²) in [5.41, 5.74) is 8.41. The molecule has 4 heteroatoms. The van der Waals surface area contributed by atoms with Crippen LogP contribution in [0.1, 0.15) is 82.3 Å². The number of ether oxygens (including phenoxy) is 2. The van der Waals surface area contributed by atoms with Gasteiger partial charge in [0.05, 0.1) is 6.61 Å². The second-order valence-electron chi connectivity index (χ2n) is 9.67. The molecule has 4 rings (SSSR count). The average molecular weight is 545 g/mol. The van der Waals surface area contributed by atoms with Gasteiger partial charge in [-0.05, 0) is 87.0 Å². The van der Waals surface area contributed by atoms with Gasteiger partial charge >= 0.3 is 0 Å². The van der Waals surface area contributed by atoms with E-state index in [9.17, 15) is 4.79 Å². The zero-order valence-electron chi connectivity index (χ0n) is 24.6. The monoisotopic (exact) mass is 544 g/mol. The lowest BCUT2D eigenvalue weighted by Gasteiger charge is -2.15. The second-order valence-corrected chi connectivity index (χ2v) is 9.67. The van der Waals surface area contributed by atoms with Crippen LogP contribution in [-0.4, -0.2) is 33.6 Å². The third kappa shape index (κ3) is 15.2. The normalized spacial score (nSPS) is 15.1. The molecule has 0 atom stereocenters. The van der Waals surface area contributed by atoms with E-state index in [1.165, 1.54) is 65.5 Å². The molecule has 4 nitrogen and oxygen atoms in total. The van der Waals surface area contributed by atoms with Gasteiger partial charge in [0.2, 0.25) is 0 Å². The van der Waals surface area contributed by atoms with Gasteiger partial charge in [-0.1, -0.05) is 103 Å². The lowest BCUT2D eigenvalue weighted by Crippen LogP contribution is -1.94. The third-order valence-corrected chi connectivity index (χ3v) is 6.68. The summed E-state index contributed by atoms with van der Waals surface area (Å²) in [5.74, 6) is 0. The van der Waals surface area contributed by atoms with E-state index in [4.69, 9.17) is 9.53 Å². The number of benzene rings is 2. The van der Waals surface area contributed by atoms with Gasteiger partial charge < -0.3 is 14.3 Å². The van der Waals surface area contributed by atoms with Crippen LogP contribution in [0.5, 0.6) is 0 Å². The van der Waals surface area contributed by atoms with E-state index in [1.807, 2.05) is 6.79 Å². The highest BCUT2D eigenvalue weighted by Gasteiger charge is 2.08. The molecule has 2 aromatic carbocycles. The summed E-state index contributed by atoms with van der Waals surface area (Å²) >= 11 is 0. The van der Waals surface area contributed by atoms with Crippen molar-refractivity contribution in [3.8, 4) is 0 Å². The number of methoxy groups -OCH3 is 1. The average Bonchev–Trinajstić information content (AvgIpc) is 3.03. The van der Waals surface area contributed by atoms with Gasteiger partial charge in [-0.25, -0.2) is 0 Å². The van der Waals surface area contributed by atoms with Crippen molar-refractivity contribution in [2.75, 3.05) is 20.3 Å². The molecule has 0 N–H and O–H groups in total. The summed E-state index contributed by atoms with van der Waals surface area (Å²) in [6.07, 6.45) is 18.5. The quantitative estimate of drug-likeness (QED) is 0.221. The first-order valence-electron chi connectivity index (χ1n) is 14.4. The molecule has 2 aliphatic rings. The Labute approximate surface area is 242 Å². The van der Waals surface area contributed by atoms with Crippen LogP contribution in [0.15, 0.2) is 96.6 Å². The van der Waals surface area contributed by atoms with E-state index < -0.39 is 0 Å². The number of hydrogen-bond donors (Lipinski definition) is 0. The Morgan fingerprint density at radius 2 is 1.25 bits per heavy atom. The summed E-state index contributed by atoms with van der Waals surface area (Å²) in [4.78, 5) is 17.7. The van der Waals surface area contributed by atoms with Gasteiger partial charge in [0, 0.05) is 13.7 Å². The largest absolute Gasteiger partial charge is 0.468 e. The maximum Gasteiger partial charge on any atom is 0.293 e. The van der Waals surface area contributed by atoms with E-state index in [-0.39, 0.29) is 0 Å². The van der Waals surface area contributed by atoms with Crippen molar-refractivity contribution >= 4 is 24.4 Å². The zero-order valence-corrected chi connectivity index (χ0v) is 24.6. The number of allylic oxidation sites excluding steroid dienone is 7. The maximum atomic E-state index is 9.70. The van der Waals surface area contributed by atoms with Crippen molar-refractivity contribution in [2.45, 2.75) is 71.1 Å². The summed E-state index contributed by atoms with van der Waals surface area (Å²) in [5, 5.41) is 0. The first-order valence-corrected chi connectivity index (χ1v) is 14.4. The molecule has 0 bridgehead atoms. The van der Waals surface area contributed by atoms with E-state index in [2.05, 4.69) is 97.1 Å². The van der Waals surface area contributed by atoms with Crippen molar-refractivity contribution in [1.82, 2.24) is 0 Å². The van der Waals surface area contributed by atoms with Crippen LogP contribution in [0.25, 0.3) is 11.1 Å². The summed E-state index contributed by atoms with van der Waals surface area (Å²) < 4.78 is 9.41. The van der Waals surface area contributed by atoms with Crippen LogP contribution in [0.3, 0.4) is 0 Å². The lowest BCUT2D eigenvalue weighted by molar-refractivity contribution is -0.128. The second kappa shape index (κ2) is 23.4. The topological polar surface area (TPSA) is 52.6 Å². The van der Waals surface area contributed by atoms with Crippen molar-refractivity contribution in [3.05, 3.63) is 108 Å². The zero-order chi connectivity index (χ0) is 29.3. The Morgan fingerprint density at radius 3 is 1.75 bits per heavy atom. The van der Waals surface area contributed by atoms with Crippen LogP contribution < -0.4 is 0 Å². The minimum Gasteiger partial charge on any atom is -0.468 e. The Balaban J connectivity index is 0.000000293. The van der Waals surface area contributed by atoms with Crippen molar-refractivity contribution < 1.29 is 19.1 Å². The minimum atomic E-state index is 0.495. The number of rotatable bonds is 10. The molecule has 0 aromatic heterocycles. The molecule has 0 unspecified atom stereocenters. The smallest absolute Gasteiger partial charge is 0.293 e. The van der Waals surface area contributed by atoms with Gasteiger partial charge in [-0.15, -0.1) is 0 Å². The molecule has 216 valence electrons. The van der Waals surface area contributed by atoms with Gasteiger partial charge in [0.25, 0.3) is 6.47 Å². The van der Waals surface area contributed by atoms with Gasteiger partial charge in [0.15, 0.2) is 0 Å². The van der Waals surface area contributed by atoms with Crippen LogP contribution in [0.2, 0.25) is 0 Å². The lowest BCUT2D eigenvalue weighted by atomic mass is 9.91. The summed E-state index contributed by atoms with van der Waals surface area (Å²) in [6.45, 7) is 10.0. The highest BCUT2D eigenvalue weighted by Crippen LogP contribution is 2.29. The molecule has 0 spiro atoms. The predicted molar refractivity (Wildman–Crippen MR) is 169 cm³/mol. The molecule has 40 heavy (non-hydrogen) atoms. The standard InChI is InChI=1S/C14H16.C13H14.C8H16O3.CH2O/c1-2-12-7-6-10-14(11-12)13-8-4-3-5-9-13;1-11-6-5-9-13(10-11)12-7-3-2-4-8-12;1-10-6-4-2-3-5-7-11-8-9;1-2/h2-5,8-9,11H,6-7,10H2,1H3;2-4,7-8,10H,1,5-6,9H2;8H,2-7H2,1H3;1H2/b12-2+;;;. The molecular weight excluding hydrogens is 496 g/mol. The van der Waals surface area contributed by atoms with Gasteiger partial charge in [-0.3, -0.25) is 4.79 Å². The summed E-state index contributed by atoms with van der Waals surface area (Å²) in [6, 6.07) is 21.3. The van der Waals surface area contributed by atoms with E-state index in [1.54, 1.807) is 7.11 Å². The number of unbranched alkanes of at least 4 members (excludes halogenated alkanes) is 3. The minimum absolute atomic E-state index is 0.495. The van der Waals surface area contributed by atoms with Gasteiger partial charge in [-0.2, -0.15) is 0 Å². The molecule has 0 fully saturated rings. The van der Waals surface area contributed by atoms with Crippen molar-refractivity contribution in [1.29, 1.82) is 0 Å². The highest BCUT2D eigenvalue weighted by molar-refractivity contribution is 5.69. The van der Waals surface area contributed by atoms with Crippen LogP contribution >= 0.6 is 0 Å². The molecule has 0 amide bonds. The Bertz CT molecular complexity index is 1030. The molecule has 0 radical (unpaired) electrons. The molecule has 2 aromatic rings. The molecule has 0 saturated heterocycles. The van der Waals surface area contributed by atoms with E-state index in [0.29, 0.717) is 13.1 Å². The summed E-state index contributed by atoms with van der Waals surface area (Å²) in [7, 11) is 1.70. The van der Waals surface area contributed by atoms with E-state index >= 15 is 0 Å². The number of carbonyl (C=O) groups is 2. The highest BCUT2D eigenvalue weighted by atomic mass is 16.5. The Kier molecular flexibility index (Phi) is 20.2. The first-order chi connectivity index (χ1) is 19.7. The Morgan fingerprint density at radius 1 is 0.725 bits per heavy atom.